The van der Waals surface area contributed by atoms with Crippen LogP contribution in [0.5, 0.6) is 5.75 Å². The van der Waals surface area contributed by atoms with Gasteiger partial charge in [-0.1, -0.05) is 12.1 Å². The van der Waals surface area contributed by atoms with Gasteiger partial charge in [-0.25, -0.2) is 0 Å². The monoisotopic (exact) mass is 361 g/mol. The van der Waals surface area contributed by atoms with Gasteiger partial charge in [0.1, 0.15) is 5.75 Å². The molecule has 1 aromatic carbocycles. The number of hydrogen-bond donors (Lipinski definition) is 2. The van der Waals surface area contributed by atoms with E-state index in [2.05, 4.69) is 16.8 Å². The number of carbonyl (C=O) groups is 1. The first-order valence-corrected chi connectivity index (χ1v) is 9.62. The minimum Gasteiger partial charge on any atom is -0.508 e. The molecule has 1 aromatic rings. The molecule has 1 unspecified atom stereocenters. The fraction of sp³-hybridized carbons (Fsp3) is 0.650. The van der Waals surface area contributed by atoms with Crippen molar-refractivity contribution in [1.82, 2.24) is 14.7 Å². The number of benzene rings is 1. The van der Waals surface area contributed by atoms with Crippen molar-refractivity contribution in [3.8, 4) is 5.75 Å². The number of β-amino-alcohol motifs (C(OH)–C–C–N with tert-alkyl or cyclic N) is 1. The first-order valence-electron chi connectivity index (χ1n) is 9.62. The van der Waals surface area contributed by atoms with Crippen molar-refractivity contribution in [2.75, 3.05) is 52.9 Å². The lowest BCUT2D eigenvalue weighted by molar-refractivity contribution is -0.130. The molecule has 3 rings (SSSR count). The number of rotatable bonds is 4. The van der Waals surface area contributed by atoms with E-state index in [1.807, 2.05) is 4.90 Å². The Kier molecular flexibility index (Phi) is 6.16. The molecule has 0 aliphatic carbocycles. The van der Waals surface area contributed by atoms with Crippen LogP contribution in [0.2, 0.25) is 0 Å². The number of aromatic hydroxyl groups is 1. The number of phenolic OH excluding ortho intramolecular Hbond substituents is 1. The molecule has 1 amide bonds. The van der Waals surface area contributed by atoms with Crippen LogP contribution in [-0.4, -0.2) is 89.3 Å². The molecule has 6 nitrogen and oxygen atoms in total. The van der Waals surface area contributed by atoms with Crippen molar-refractivity contribution in [1.29, 1.82) is 0 Å². The first-order chi connectivity index (χ1) is 12.4. The van der Waals surface area contributed by atoms with E-state index in [4.69, 9.17) is 0 Å². The van der Waals surface area contributed by atoms with E-state index in [9.17, 15) is 15.0 Å². The third-order valence-corrected chi connectivity index (χ3v) is 5.68. The van der Waals surface area contributed by atoms with Gasteiger partial charge in [-0.2, -0.15) is 0 Å². The van der Waals surface area contributed by atoms with E-state index in [-0.39, 0.29) is 11.7 Å². The largest absolute Gasteiger partial charge is 0.508 e. The third kappa shape index (κ3) is 5.19. The number of amides is 1. The van der Waals surface area contributed by atoms with E-state index in [0.29, 0.717) is 32.5 Å². The first kappa shape index (κ1) is 19.1. The molecule has 1 atom stereocenters. The lowest BCUT2D eigenvalue weighted by atomic mass is 9.94. The number of nitrogens with zero attached hydrogens (tertiary/aromatic N) is 3. The number of aliphatic hydroxyl groups is 1. The van der Waals surface area contributed by atoms with E-state index in [1.54, 1.807) is 24.3 Å². The van der Waals surface area contributed by atoms with Gasteiger partial charge in [0, 0.05) is 45.8 Å². The molecular formula is C20H31N3O3. The summed E-state index contributed by atoms with van der Waals surface area (Å²) in [5.41, 5.74) is 0.216. The molecule has 0 radical (unpaired) electrons. The van der Waals surface area contributed by atoms with Gasteiger partial charge in [0.05, 0.1) is 12.0 Å². The van der Waals surface area contributed by atoms with E-state index >= 15 is 0 Å². The predicted molar refractivity (Wildman–Crippen MR) is 101 cm³/mol. The minimum absolute atomic E-state index is 0.0968. The number of likely N-dealkylation sites (N-methyl/N-ethyl adjacent to an activating group) is 1. The minimum atomic E-state index is -0.691. The number of phenols is 1. The van der Waals surface area contributed by atoms with Crippen molar-refractivity contribution in [3.63, 3.8) is 0 Å². The van der Waals surface area contributed by atoms with Gasteiger partial charge in [-0.15, -0.1) is 0 Å². The summed E-state index contributed by atoms with van der Waals surface area (Å²) in [5.74, 6) is 0.310. The molecule has 2 N–H and O–H groups in total. The second-order valence-corrected chi connectivity index (χ2v) is 7.88. The molecular weight excluding hydrogens is 330 g/mol. The zero-order valence-corrected chi connectivity index (χ0v) is 15.7. The maximum atomic E-state index is 12.6. The van der Waals surface area contributed by atoms with Gasteiger partial charge in [-0.05, 0) is 44.0 Å². The Morgan fingerprint density at radius 2 is 1.73 bits per heavy atom. The molecule has 144 valence electrons. The van der Waals surface area contributed by atoms with Crippen LogP contribution >= 0.6 is 0 Å². The summed E-state index contributed by atoms with van der Waals surface area (Å²) in [5, 5.41) is 20.4. The summed E-state index contributed by atoms with van der Waals surface area (Å²) < 4.78 is 0. The van der Waals surface area contributed by atoms with Gasteiger partial charge in [0.15, 0.2) is 0 Å². The highest BCUT2D eigenvalue weighted by Crippen LogP contribution is 2.24. The van der Waals surface area contributed by atoms with Crippen LogP contribution in [0.15, 0.2) is 24.3 Å². The Hall–Kier alpha value is -1.63. The normalized spacial score (nSPS) is 25.8. The smallest absolute Gasteiger partial charge is 0.226 e. The van der Waals surface area contributed by atoms with Gasteiger partial charge in [-0.3, -0.25) is 9.69 Å². The van der Waals surface area contributed by atoms with E-state index < -0.39 is 5.60 Å². The molecule has 0 bridgehead atoms. The topological polar surface area (TPSA) is 67.2 Å². The number of carbonyl (C=O) groups excluding carboxylic acids is 1. The highest BCUT2D eigenvalue weighted by atomic mass is 16.3. The Morgan fingerprint density at radius 3 is 2.42 bits per heavy atom. The third-order valence-electron chi connectivity index (χ3n) is 5.68. The van der Waals surface area contributed by atoms with Crippen LogP contribution in [0.25, 0.3) is 0 Å². The van der Waals surface area contributed by atoms with Crippen molar-refractivity contribution in [2.45, 2.75) is 31.3 Å². The van der Waals surface area contributed by atoms with Crippen LogP contribution in [0.4, 0.5) is 0 Å². The average molecular weight is 361 g/mol. The van der Waals surface area contributed by atoms with Crippen molar-refractivity contribution < 1.29 is 15.0 Å². The highest BCUT2D eigenvalue weighted by molar-refractivity contribution is 5.78. The second-order valence-electron chi connectivity index (χ2n) is 7.88. The van der Waals surface area contributed by atoms with Gasteiger partial charge in [0.25, 0.3) is 0 Å². The van der Waals surface area contributed by atoms with Crippen LogP contribution in [0.3, 0.4) is 0 Å². The number of likely N-dealkylation sites (tertiary alicyclic amines) is 1. The predicted octanol–water partition coefficient (Wildman–Crippen LogP) is 0.926. The van der Waals surface area contributed by atoms with Crippen molar-refractivity contribution in [3.05, 3.63) is 29.8 Å². The quantitative estimate of drug-likeness (QED) is 0.835. The zero-order valence-electron chi connectivity index (χ0n) is 15.7. The fourth-order valence-corrected chi connectivity index (χ4v) is 3.91. The fourth-order valence-electron chi connectivity index (χ4n) is 3.91. The molecule has 2 saturated heterocycles. The summed E-state index contributed by atoms with van der Waals surface area (Å²) >= 11 is 0. The van der Waals surface area contributed by atoms with Crippen molar-refractivity contribution >= 4 is 5.91 Å². The summed E-state index contributed by atoms with van der Waals surface area (Å²) in [7, 11) is 2.13. The summed E-state index contributed by atoms with van der Waals surface area (Å²) in [6.45, 7) is 6.13. The van der Waals surface area contributed by atoms with Gasteiger partial charge >= 0.3 is 0 Å². The lowest BCUT2D eigenvalue weighted by Gasteiger charge is -2.38. The van der Waals surface area contributed by atoms with Crippen LogP contribution in [0, 0.1) is 0 Å². The van der Waals surface area contributed by atoms with Crippen LogP contribution < -0.4 is 0 Å². The molecule has 6 heteroatoms. The Labute approximate surface area is 156 Å². The molecule has 0 saturated carbocycles. The number of piperazine rings is 1. The van der Waals surface area contributed by atoms with E-state index in [1.165, 1.54) is 0 Å². The maximum absolute atomic E-state index is 12.6. The molecule has 2 aliphatic rings. The summed E-state index contributed by atoms with van der Waals surface area (Å²) in [4.78, 5) is 19.2. The van der Waals surface area contributed by atoms with Crippen LogP contribution in [0.1, 0.15) is 24.8 Å². The Bertz CT molecular complexity index is 599. The highest BCUT2D eigenvalue weighted by Gasteiger charge is 2.33. The molecule has 0 aromatic heterocycles. The molecule has 0 spiro atoms. The maximum Gasteiger partial charge on any atom is 0.226 e. The molecule has 2 aliphatic heterocycles. The van der Waals surface area contributed by atoms with Crippen molar-refractivity contribution in [2.24, 2.45) is 0 Å². The SMILES string of the molecule is CN1CCN(CC2(O)CCCN(C(=O)Cc3ccc(O)cc3)CC2)CC1. The van der Waals surface area contributed by atoms with Gasteiger partial charge in [0.2, 0.25) is 5.91 Å². The molecule has 26 heavy (non-hydrogen) atoms. The van der Waals surface area contributed by atoms with Crippen LogP contribution in [-0.2, 0) is 11.2 Å². The number of hydrogen-bond acceptors (Lipinski definition) is 5. The summed E-state index contributed by atoms with van der Waals surface area (Å²) in [6, 6.07) is 6.79. The van der Waals surface area contributed by atoms with Gasteiger partial charge < -0.3 is 20.0 Å². The summed E-state index contributed by atoms with van der Waals surface area (Å²) in [6.07, 6.45) is 2.58. The molecule has 2 heterocycles. The Morgan fingerprint density at radius 1 is 1.04 bits per heavy atom. The molecule has 2 fully saturated rings. The lowest BCUT2D eigenvalue weighted by Crippen LogP contribution is -2.51. The standard InChI is InChI=1S/C20H31N3O3/c1-21-11-13-22(14-12-21)16-20(26)7-2-9-23(10-8-20)19(25)15-17-3-5-18(24)6-4-17/h3-6,24,26H,2,7-16H2,1H3. The van der Waals surface area contributed by atoms with E-state index in [0.717, 1.165) is 44.6 Å². The Balaban J connectivity index is 1.52. The average Bonchev–Trinajstić information content (AvgIpc) is 2.81. The zero-order chi connectivity index (χ0) is 18.6. The second kappa shape index (κ2) is 8.37.